The summed E-state index contributed by atoms with van der Waals surface area (Å²) >= 11 is 5.80. The van der Waals surface area contributed by atoms with Gasteiger partial charge in [0.1, 0.15) is 5.54 Å². The largest absolute Gasteiger partial charge is 0.406 e. The average Bonchev–Trinajstić information content (AvgIpc) is 2.96. The summed E-state index contributed by atoms with van der Waals surface area (Å²) in [6.45, 7) is 0.112. The first kappa shape index (κ1) is 11.7. The van der Waals surface area contributed by atoms with Crippen molar-refractivity contribution in [2.75, 3.05) is 0 Å². The molecular weight excluding hydrogens is 241 g/mol. The van der Waals surface area contributed by atoms with E-state index in [0.29, 0.717) is 10.6 Å². The van der Waals surface area contributed by atoms with E-state index in [-0.39, 0.29) is 19.4 Å². The minimum atomic E-state index is -4.19. The number of nitrogens with zero attached hydrogens (tertiary/aromatic N) is 1. The van der Waals surface area contributed by atoms with Crippen LogP contribution in [-0.4, -0.2) is 16.7 Å². The molecule has 1 N–H and O–H groups in total. The van der Waals surface area contributed by atoms with E-state index < -0.39 is 11.7 Å². The predicted octanol–water partition coefficient (Wildman–Crippen LogP) is 2.92. The molecular formula is C10H10ClF3N2. The maximum absolute atomic E-state index is 12.6. The van der Waals surface area contributed by atoms with Crippen LogP contribution >= 0.6 is 11.6 Å². The van der Waals surface area contributed by atoms with Crippen LogP contribution in [0.2, 0.25) is 5.02 Å². The maximum Gasteiger partial charge on any atom is 0.406 e. The summed E-state index contributed by atoms with van der Waals surface area (Å²) in [6.07, 6.45) is -0.979. The SMILES string of the molecule is FC(F)(F)C1(NCc2ccncc2Cl)CC1. The highest BCUT2D eigenvalue weighted by Gasteiger charge is 2.62. The standard InChI is InChI=1S/C10H10ClF3N2/c11-8-6-15-4-1-7(8)5-16-9(2-3-9)10(12,13)14/h1,4,6,16H,2-3,5H2. The molecule has 0 amide bonds. The van der Waals surface area contributed by atoms with Crippen molar-refractivity contribution in [1.29, 1.82) is 0 Å². The zero-order valence-corrected chi connectivity index (χ0v) is 9.07. The second-order valence-corrected chi connectivity index (χ2v) is 4.31. The Labute approximate surface area is 95.8 Å². The van der Waals surface area contributed by atoms with Crippen LogP contribution in [0.4, 0.5) is 13.2 Å². The molecule has 0 unspecified atom stereocenters. The van der Waals surface area contributed by atoms with Gasteiger partial charge in [0, 0.05) is 18.9 Å². The van der Waals surface area contributed by atoms with Crippen LogP contribution in [0.25, 0.3) is 0 Å². The van der Waals surface area contributed by atoms with E-state index in [1.54, 1.807) is 6.07 Å². The van der Waals surface area contributed by atoms with Crippen LogP contribution < -0.4 is 5.32 Å². The van der Waals surface area contributed by atoms with E-state index in [9.17, 15) is 13.2 Å². The Morgan fingerprint density at radius 1 is 1.44 bits per heavy atom. The Kier molecular flexibility index (Phi) is 2.84. The lowest BCUT2D eigenvalue weighted by Gasteiger charge is -2.20. The Morgan fingerprint density at radius 2 is 2.12 bits per heavy atom. The zero-order valence-electron chi connectivity index (χ0n) is 8.31. The van der Waals surface area contributed by atoms with Gasteiger partial charge in [-0.05, 0) is 24.5 Å². The van der Waals surface area contributed by atoms with E-state index in [2.05, 4.69) is 10.3 Å². The van der Waals surface area contributed by atoms with Crippen LogP contribution in [0.3, 0.4) is 0 Å². The third-order valence-corrected chi connectivity index (χ3v) is 3.11. The van der Waals surface area contributed by atoms with E-state index >= 15 is 0 Å². The fourth-order valence-corrected chi connectivity index (χ4v) is 1.68. The lowest BCUT2D eigenvalue weighted by atomic mass is 10.2. The maximum atomic E-state index is 12.6. The minimum Gasteiger partial charge on any atom is -0.299 e. The molecule has 1 saturated carbocycles. The lowest BCUT2D eigenvalue weighted by Crippen LogP contribution is -2.44. The average molecular weight is 251 g/mol. The van der Waals surface area contributed by atoms with E-state index in [1.165, 1.54) is 12.4 Å². The smallest absolute Gasteiger partial charge is 0.299 e. The molecule has 0 aliphatic heterocycles. The number of pyridine rings is 1. The van der Waals surface area contributed by atoms with Crippen molar-refractivity contribution >= 4 is 11.6 Å². The summed E-state index contributed by atoms with van der Waals surface area (Å²) in [5.41, 5.74) is -1.06. The molecule has 0 saturated heterocycles. The van der Waals surface area contributed by atoms with Crippen molar-refractivity contribution in [2.45, 2.75) is 31.1 Å². The number of nitrogens with one attached hydrogen (secondary N) is 1. The van der Waals surface area contributed by atoms with Crippen LogP contribution in [0.15, 0.2) is 18.5 Å². The highest BCUT2D eigenvalue weighted by molar-refractivity contribution is 6.31. The van der Waals surface area contributed by atoms with E-state index in [1.807, 2.05) is 0 Å². The summed E-state index contributed by atoms with van der Waals surface area (Å²) in [4.78, 5) is 3.77. The van der Waals surface area contributed by atoms with Crippen molar-refractivity contribution < 1.29 is 13.2 Å². The number of alkyl halides is 3. The van der Waals surface area contributed by atoms with Gasteiger partial charge in [-0.3, -0.25) is 10.3 Å². The number of halogens is 4. The first-order valence-corrected chi connectivity index (χ1v) is 5.23. The van der Waals surface area contributed by atoms with Gasteiger partial charge in [-0.15, -0.1) is 0 Å². The molecule has 1 heterocycles. The summed E-state index contributed by atoms with van der Waals surface area (Å²) in [5.74, 6) is 0. The molecule has 1 aromatic heterocycles. The third kappa shape index (κ3) is 2.15. The predicted molar refractivity (Wildman–Crippen MR) is 54.1 cm³/mol. The first-order valence-electron chi connectivity index (χ1n) is 4.85. The van der Waals surface area contributed by atoms with Crippen molar-refractivity contribution in [3.63, 3.8) is 0 Å². The van der Waals surface area contributed by atoms with Crippen molar-refractivity contribution in [2.24, 2.45) is 0 Å². The normalized spacial score (nSPS) is 18.5. The van der Waals surface area contributed by atoms with Gasteiger partial charge in [0.25, 0.3) is 0 Å². The Hall–Kier alpha value is -0.810. The van der Waals surface area contributed by atoms with Crippen LogP contribution in [0.1, 0.15) is 18.4 Å². The Balaban J connectivity index is 2.01. The molecule has 0 atom stereocenters. The molecule has 0 radical (unpaired) electrons. The van der Waals surface area contributed by atoms with Gasteiger partial charge in [-0.1, -0.05) is 11.6 Å². The fourth-order valence-electron chi connectivity index (χ4n) is 1.50. The van der Waals surface area contributed by atoms with Gasteiger partial charge in [0.15, 0.2) is 0 Å². The van der Waals surface area contributed by atoms with Crippen molar-refractivity contribution in [3.8, 4) is 0 Å². The number of hydrogen-bond acceptors (Lipinski definition) is 2. The molecule has 6 heteroatoms. The summed E-state index contributed by atoms with van der Waals surface area (Å²) in [6, 6.07) is 1.61. The lowest BCUT2D eigenvalue weighted by molar-refractivity contribution is -0.166. The molecule has 0 spiro atoms. The van der Waals surface area contributed by atoms with E-state index in [4.69, 9.17) is 11.6 Å². The quantitative estimate of drug-likeness (QED) is 0.892. The molecule has 0 aromatic carbocycles. The molecule has 2 rings (SSSR count). The molecule has 16 heavy (non-hydrogen) atoms. The molecule has 1 aromatic rings. The summed E-state index contributed by atoms with van der Waals surface area (Å²) in [7, 11) is 0. The Morgan fingerprint density at radius 3 is 2.62 bits per heavy atom. The number of aromatic nitrogens is 1. The second kappa shape index (κ2) is 3.89. The van der Waals surface area contributed by atoms with Crippen molar-refractivity contribution in [3.05, 3.63) is 29.0 Å². The van der Waals surface area contributed by atoms with Gasteiger partial charge in [-0.2, -0.15) is 13.2 Å². The van der Waals surface area contributed by atoms with Crippen molar-refractivity contribution in [1.82, 2.24) is 10.3 Å². The summed E-state index contributed by atoms with van der Waals surface area (Å²) in [5, 5.41) is 2.91. The molecule has 1 fully saturated rings. The molecule has 1 aliphatic carbocycles. The highest BCUT2D eigenvalue weighted by atomic mass is 35.5. The highest BCUT2D eigenvalue weighted by Crippen LogP contribution is 2.49. The van der Waals surface area contributed by atoms with Crippen LogP contribution in [0, 0.1) is 0 Å². The second-order valence-electron chi connectivity index (χ2n) is 3.90. The monoisotopic (exact) mass is 250 g/mol. The topological polar surface area (TPSA) is 24.9 Å². The summed E-state index contributed by atoms with van der Waals surface area (Å²) < 4.78 is 37.8. The zero-order chi connectivity index (χ0) is 11.8. The first-order chi connectivity index (χ1) is 7.45. The number of rotatable bonds is 3. The van der Waals surface area contributed by atoms with Crippen LogP contribution in [0.5, 0.6) is 0 Å². The molecule has 88 valence electrons. The minimum absolute atomic E-state index is 0.112. The van der Waals surface area contributed by atoms with Gasteiger partial charge >= 0.3 is 6.18 Å². The van der Waals surface area contributed by atoms with Gasteiger partial charge in [0.05, 0.1) is 5.02 Å². The fraction of sp³-hybridized carbons (Fsp3) is 0.500. The number of hydrogen-bond donors (Lipinski definition) is 1. The van der Waals surface area contributed by atoms with Gasteiger partial charge < -0.3 is 0 Å². The molecule has 1 aliphatic rings. The van der Waals surface area contributed by atoms with Gasteiger partial charge in [-0.25, -0.2) is 0 Å². The van der Waals surface area contributed by atoms with Crippen LogP contribution in [-0.2, 0) is 6.54 Å². The van der Waals surface area contributed by atoms with Gasteiger partial charge in [0.2, 0.25) is 0 Å². The van der Waals surface area contributed by atoms with E-state index in [0.717, 1.165) is 0 Å². The molecule has 0 bridgehead atoms. The molecule has 2 nitrogen and oxygen atoms in total. The Bertz CT molecular complexity index is 388. The third-order valence-electron chi connectivity index (χ3n) is 2.77.